The van der Waals surface area contributed by atoms with Gasteiger partial charge in [-0.2, -0.15) is 11.8 Å². The van der Waals surface area contributed by atoms with Gasteiger partial charge in [0.25, 0.3) is 5.91 Å². The van der Waals surface area contributed by atoms with Crippen molar-refractivity contribution in [2.24, 2.45) is 11.8 Å². The SMILES string of the molecule is O=C(NC[C@@H]1[C@@H]2CCc3ccccc3[C@H]12)C1(O)CCSCC1. The van der Waals surface area contributed by atoms with Crippen LogP contribution in [0.5, 0.6) is 0 Å². The molecule has 1 saturated carbocycles. The van der Waals surface area contributed by atoms with E-state index in [-0.39, 0.29) is 5.91 Å². The predicted molar refractivity (Wildman–Crippen MR) is 89.0 cm³/mol. The van der Waals surface area contributed by atoms with Crippen molar-refractivity contribution in [2.45, 2.75) is 37.2 Å². The Morgan fingerprint density at radius 3 is 2.91 bits per heavy atom. The van der Waals surface area contributed by atoms with E-state index in [4.69, 9.17) is 0 Å². The average molecular weight is 317 g/mol. The summed E-state index contributed by atoms with van der Waals surface area (Å²) in [7, 11) is 0. The molecule has 0 spiro atoms. The van der Waals surface area contributed by atoms with E-state index in [1.807, 2.05) is 11.8 Å². The lowest BCUT2D eigenvalue weighted by molar-refractivity contribution is -0.140. The molecule has 1 aromatic carbocycles. The van der Waals surface area contributed by atoms with E-state index in [0.717, 1.165) is 24.0 Å². The highest BCUT2D eigenvalue weighted by Crippen LogP contribution is 2.59. The highest BCUT2D eigenvalue weighted by molar-refractivity contribution is 7.99. The molecule has 0 aromatic heterocycles. The van der Waals surface area contributed by atoms with Crippen LogP contribution < -0.4 is 5.32 Å². The molecule has 22 heavy (non-hydrogen) atoms. The monoisotopic (exact) mass is 317 g/mol. The molecule has 0 bridgehead atoms. The lowest BCUT2D eigenvalue weighted by Crippen LogP contribution is -2.49. The van der Waals surface area contributed by atoms with Gasteiger partial charge in [-0.25, -0.2) is 0 Å². The Kier molecular flexibility index (Phi) is 3.69. The number of rotatable bonds is 3. The molecule has 2 aliphatic carbocycles. The van der Waals surface area contributed by atoms with Crippen molar-refractivity contribution in [1.82, 2.24) is 5.32 Å². The molecular weight excluding hydrogens is 294 g/mol. The standard InChI is InChI=1S/C18H23NO2S/c20-17(18(21)7-9-22-10-8-18)19-11-15-14-6-5-12-3-1-2-4-13(12)16(14)15/h1-4,14-16,21H,5-11H2,(H,19,20)/t14-,15+,16-/m0/s1. The van der Waals surface area contributed by atoms with Gasteiger partial charge in [-0.3, -0.25) is 4.79 Å². The summed E-state index contributed by atoms with van der Waals surface area (Å²) >= 11 is 1.82. The maximum absolute atomic E-state index is 12.3. The largest absolute Gasteiger partial charge is 0.380 e. The fraction of sp³-hybridized carbons (Fsp3) is 0.611. The molecule has 1 aliphatic heterocycles. The molecule has 4 rings (SSSR count). The molecule has 1 saturated heterocycles. The van der Waals surface area contributed by atoms with Gasteiger partial charge in [-0.05, 0) is 66.1 Å². The predicted octanol–water partition coefficient (Wildman–Crippen LogP) is 2.34. The number of benzene rings is 1. The second kappa shape index (κ2) is 5.57. The molecule has 2 N–H and O–H groups in total. The molecular formula is C18H23NO2S. The van der Waals surface area contributed by atoms with Crippen molar-refractivity contribution in [3.8, 4) is 0 Å². The number of hydrogen-bond acceptors (Lipinski definition) is 3. The molecule has 0 radical (unpaired) electrons. The molecule has 2 fully saturated rings. The number of aryl methyl sites for hydroxylation is 1. The summed E-state index contributed by atoms with van der Waals surface area (Å²) in [5, 5.41) is 13.5. The zero-order valence-corrected chi connectivity index (χ0v) is 13.6. The second-order valence-electron chi connectivity index (χ2n) is 6.94. The second-order valence-corrected chi connectivity index (χ2v) is 8.17. The van der Waals surface area contributed by atoms with Gasteiger partial charge < -0.3 is 10.4 Å². The van der Waals surface area contributed by atoms with Crippen LogP contribution in [0.2, 0.25) is 0 Å². The molecule has 118 valence electrons. The molecule has 0 unspecified atom stereocenters. The fourth-order valence-electron chi connectivity index (χ4n) is 4.30. The summed E-state index contributed by atoms with van der Waals surface area (Å²) in [6, 6.07) is 8.73. The Morgan fingerprint density at radius 2 is 2.09 bits per heavy atom. The number of aliphatic hydroxyl groups is 1. The van der Waals surface area contributed by atoms with Crippen LogP contribution in [0.3, 0.4) is 0 Å². The Hall–Kier alpha value is -1.00. The number of thioether (sulfide) groups is 1. The summed E-state index contributed by atoms with van der Waals surface area (Å²) in [5.41, 5.74) is 1.86. The van der Waals surface area contributed by atoms with Crippen LogP contribution in [0, 0.1) is 11.8 Å². The number of hydrogen-bond donors (Lipinski definition) is 2. The first-order valence-corrected chi connectivity index (χ1v) is 9.51. The zero-order valence-electron chi connectivity index (χ0n) is 12.8. The van der Waals surface area contributed by atoms with Crippen LogP contribution in [0.15, 0.2) is 24.3 Å². The molecule has 1 heterocycles. The Bertz CT molecular complexity index is 582. The van der Waals surface area contributed by atoms with Crippen LogP contribution in [0.25, 0.3) is 0 Å². The van der Waals surface area contributed by atoms with Gasteiger partial charge in [0, 0.05) is 6.54 Å². The number of carbonyl (C=O) groups excluding carboxylic acids is 1. The van der Waals surface area contributed by atoms with Crippen LogP contribution in [-0.2, 0) is 11.2 Å². The fourth-order valence-corrected chi connectivity index (χ4v) is 5.47. The minimum Gasteiger partial charge on any atom is -0.380 e. The van der Waals surface area contributed by atoms with Gasteiger partial charge in [0.15, 0.2) is 0 Å². The van der Waals surface area contributed by atoms with Crippen molar-refractivity contribution in [2.75, 3.05) is 18.1 Å². The van der Waals surface area contributed by atoms with E-state index in [9.17, 15) is 9.90 Å². The highest BCUT2D eigenvalue weighted by atomic mass is 32.2. The summed E-state index contributed by atoms with van der Waals surface area (Å²) in [4.78, 5) is 12.3. The number of amides is 1. The van der Waals surface area contributed by atoms with E-state index in [1.54, 1.807) is 0 Å². The number of fused-ring (bicyclic) bond motifs is 3. The Labute approximate surface area is 135 Å². The van der Waals surface area contributed by atoms with Crippen LogP contribution in [0.4, 0.5) is 0 Å². The van der Waals surface area contributed by atoms with Crippen molar-refractivity contribution >= 4 is 17.7 Å². The molecule has 4 heteroatoms. The van der Waals surface area contributed by atoms with Gasteiger partial charge in [0.1, 0.15) is 5.60 Å². The maximum Gasteiger partial charge on any atom is 0.252 e. The normalized spacial score (nSPS) is 31.8. The number of carbonyl (C=O) groups is 1. The minimum atomic E-state index is -1.12. The lowest BCUT2D eigenvalue weighted by atomic mass is 9.92. The Balaban J connectivity index is 1.37. The van der Waals surface area contributed by atoms with Crippen LogP contribution in [-0.4, -0.2) is 34.7 Å². The van der Waals surface area contributed by atoms with Crippen LogP contribution in [0.1, 0.15) is 36.3 Å². The van der Waals surface area contributed by atoms with Crippen molar-refractivity contribution < 1.29 is 9.90 Å². The number of nitrogens with one attached hydrogen (secondary N) is 1. The quantitative estimate of drug-likeness (QED) is 0.899. The van der Waals surface area contributed by atoms with E-state index < -0.39 is 5.60 Å². The van der Waals surface area contributed by atoms with Gasteiger partial charge >= 0.3 is 0 Å². The zero-order chi connectivity index (χ0) is 15.2. The molecule has 1 aromatic rings. The van der Waals surface area contributed by atoms with Gasteiger partial charge in [0.05, 0.1) is 0 Å². The average Bonchev–Trinajstić information content (AvgIpc) is 3.27. The summed E-state index contributed by atoms with van der Waals surface area (Å²) in [6.45, 7) is 0.720. The first-order chi connectivity index (χ1) is 10.7. The van der Waals surface area contributed by atoms with E-state index >= 15 is 0 Å². The Morgan fingerprint density at radius 1 is 1.32 bits per heavy atom. The first-order valence-electron chi connectivity index (χ1n) is 8.35. The van der Waals surface area contributed by atoms with E-state index in [2.05, 4.69) is 29.6 Å². The smallest absolute Gasteiger partial charge is 0.252 e. The molecule has 3 nitrogen and oxygen atoms in total. The van der Waals surface area contributed by atoms with Crippen molar-refractivity contribution in [1.29, 1.82) is 0 Å². The molecule has 1 amide bonds. The van der Waals surface area contributed by atoms with Gasteiger partial charge in [-0.15, -0.1) is 0 Å². The minimum absolute atomic E-state index is 0.148. The van der Waals surface area contributed by atoms with Gasteiger partial charge in [0.2, 0.25) is 0 Å². The lowest BCUT2D eigenvalue weighted by Gasteiger charge is -2.30. The van der Waals surface area contributed by atoms with Crippen LogP contribution >= 0.6 is 11.8 Å². The van der Waals surface area contributed by atoms with E-state index in [0.29, 0.717) is 24.7 Å². The topological polar surface area (TPSA) is 49.3 Å². The van der Waals surface area contributed by atoms with Crippen molar-refractivity contribution in [3.05, 3.63) is 35.4 Å². The molecule has 3 atom stereocenters. The third-order valence-corrected chi connectivity index (χ3v) is 6.72. The molecule has 3 aliphatic rings. The van der Waals surface area contributed by atoms with E-state index in [1.165, 1.54) is 24.0 Å². The van der Waals surface area contributed by atoms with Gasteiger partial charge in [-0.1, -0.05) is 24.3 Å². The summed E-state index contributed by atoms with van der Waals surface area (Å²) in [6.07, 6.45) is 3.58. The summed E-state index contributed by atoms with van der Waals surface area (Å²) in [5.74, 6) is 3.53. The third kappa shape index (κ3) is 2.46. The first kappa shape index (κ1) is 14.6. The third-order valence-electron chi connectivity index (χ3n) is 5.73. The van der Waals surface area contributed by atoms with Crippen molar-refractivity contribution in [3.63, 3.8) is 0 Å². The summed E-state index contributed by atoms with van der Waals surface area (Å²) < 4.78 is 0. The maximum atomic E-state index is 12.3. The highest BCUT2D eigenvalue weighted by Gasteiger charge is 2.53.